The van der Waals surface area contributed by atoms with Crippen LogP contribution in [0.3, 0.4) is 0 Å². The fourth-order valence-electron chi connectivity index (χ4n) is 3.82. The zero-order valence-electron chi connectivity index (χ0n) is 14.5. The first-order chi connectivity index (χ1) is 12.1. The second-order valence-electron chi connectivity index (χ2n) is 6.89. The number of amides is 1. The van der Waals surface area contributed by atoms with Gasteiger partial charge in [-0.1, -0.05) is 42.5 Å². The summed E-state index contributed by atoms with van der Waals surface area (Å²) in [6.45, 7) is 2.69. The van der Waals surface area contributed by atoms with Crippen LogP contribution in [0.4, 0.5) is 4.39 Å². The van der Waals surface area contributed by atoms with E-state index in [2.05, 4.69) is 0 Å². The minimum absolute atomic E-state index is 0.00230. The highest BCUT2D eigenvalue weighted by Gasteiger charge is 2.47. The maximum Gasteiger partial charge on any atom is 0.229 e. The first-order valence-electron chi connectivity index (χ1n) is 8.77. The van der Waals surface area contributed by atoms with Crippen LogP contribution in [0, 0.1) is 11.2 Å². The Labute approximate surface area is 148 Å². The predicted octanol–water partition coefficient (Wildman–Crippen LogP) is 3.73. The van der Waals surface area contributed by atoms with Crippen molar-refractivity contribution in [1.29, 1.82) is 0 Å². The molecule has 2 atom stereocenters. The van der Waals surface area contributed by atoms with E-state index in [1.54, 1.807) is 12.1 Å². The molecule has 4 heteroatoms. The largest absolute Gasteiger partial charge is 0.396 e. The molecule has 3 rings (SSSR count). The summed E-state index contributed by atoms with van der Waals surface area (Å²) >= 11 is 0. The highest BCUT2D eigenvalue weighted by molar-refractivity contribution is 5.85. The number of likely N-dealkylation sites (tertiary alicyclic amines) is 1. The van der Waals surface area contributed by atoms with E-state index in [0.717, 1.165) is 11.1 Å². The first-order valence-corrected chi connectivity index (χ1v) is 8.77. The first kappa shape index (κ1) is 17.6. The second-order valence-corrected chi connectivity index (χ2v) is 6.89. The molecule has 0 bridgehead atoms. The SMILES string of the molecule is CC(c1ccccc1)N1CCC(CCO)(Cc2ccc(F)cc2)C1=O. The number of hydrogen-bond acceptors (Lipinski definition) is 2. The summed E-state index contributed by atoms with van der Waals surface area (Å²) in [6, 6.07) is 16.3. The van der Waals surface area contributed by atoms with Gasteiger partial charge in [0.25, 0.3) is 0 Å². The van der Waals surface area contributed by atoms with Gasteiger partial charge in [-0.05, 0) is 49.4 Å². The molecule has 1 heterocycles. The van der Waals surface area contributed by atoms with Crippen molar-refractivity contribution < 1.29 is 14.3 Å². The molecule has 1 fully saturated rings. The van der Waals surface area contributed by atoms with Crippen LogP contribution in [0.25, 0.3) is 0 Å². The van der Waals surface area contributed by atoms with Gasteiger partial charge in [-0.25, -0.2) is 4.39 Å². The van der Waals surface area contributed by atoms with Crippen LogP contribution in [0.15, 0.2) is 54.6 Å². The van der Waals surface area contributed by atoms with Gasteiger partial charge < -0.3 is 10.0 Å². The summed E-state index contributed by atoms with van der Waals surface area (Å²) in [5.74, 6) is -0.195. The van der Waals surface area contributed by atoms with Crippen molar-refractivity contribution in [1.82, 2.24) is 4.90 Å². The topological polar surface area (TPSA) is 40.5 Å². The molecule has 1 aliphatic rings. The zero-order chi connectivity index (χ0) is 17.9. The molecule has 132 valence electrons. The minimum atomic E-state index is -0.602. The van der Waals surface area contributed by atoms with Gasteiger partial charge in [0.2, 0.25) is 5.91 Å². The van der Waals surface area contributed by atoms with Crippen molar-refractivity contribution in [2.75, 3.05) is 13.2 Å². The summed E-state index contributed by atoms with van der Waals surface area (Å²) in [7, 11) is 0. The molecule has 1 aliphatic heterocycles. The molecule has 0 spiro atoms. The fourth-order valence-corrected chi connectivity index (χ4v) is 3.82. The highest BCUT2D eigenvalue weighted by Crippen LogP contribution is 2.41. The maximum absolute atomic E-state index is 13.2. The van der Waals surface area contributed by atoms with E-state index < -0.39 is 5.41 Å². The Morgan fingerprint density at radius 2 is 1.84 bits per heavy atom. The standard InChI is InChI=1S/C21H24FNO2/c1-16(18-5-3-2-4-6-18)23-13-11-21(12-14-24,20(23)25)15-17-7-9-19(22)10-8-17/h2-10,16,24H,11-15H2,1H3. The quantitative estimate of drug-likeness (QED) is 0.870. The molecule has 25 heavy (non-hydrogen) atoms. The Bertz CT molecular complexity index is 716. The third-order valence-corrected chi connectivity index (χ3v) is 5.34. The van der Waals surface area contributed by atoms with E-state index >= 15 is 0 Å². The van der Waals surface area contributed by atoms with Crippen LogP contribution in [0.5, 0.6) is 0 Å². The summed E-state index contributed by atoms with van der Waals surface area (Å²) < 4.78 is 13.2. The van der Waals surface area contributed by atoms with Crippen LogP contribution >= 0.6 is 0 Å². The van der Waals surface area contributed by atoms with Gasteiger partial charge in [-0.3, -0.25) is 4.79 Å². The van der Waals surface area contributed by atoms with Crippen molar-refractivity contribution >= 4 is 5.91 Å². The number of aliphatic hydroxyl groups excluding tert-OH is 1. The monoisotopic (exact) mass is 341 g/mol. The highest BCUT2D eigenvalue weighted by atomic mass is 19.1. The number of benzene rings is 2. The smallest absolute Gasteiger partial charge is 0.229 e. The average Bonchev–Trinajstić information content (AvgIpc) is 2.94. The van der Waals surface area contributed by atoms with Crippen LogP contribution in [-0.2, 0) is 11.2 Å². The van der Waals surface area contributed by atoms with E-state index in [1.165, 1.54) is 12.1 Å². The Kier molecular flexibility index (Phi) is 5.19. The van der Waals surface area contributed by atoms with Crippen LogP contribution < -0.4 is 0 Å². The molecule has 3 nitrogen and oxygen atoms in total. The Balaban J connectivity index is 1.83. The molecule has 0 radical (unpaired) electrons. The lowest BCUT2D eigenvalue weighted by Crippen LogP contribution is -2.38. The number of nitrogens with zero attached hydrogens (tertiary/aromatic N) is 1. The van der Waals surface area contributed by atoms with Crippen LogP contribution in [0.1, 0.15) is 36.9 Å². The lowest BCUT2D eigenvalue weighted by Gasteiger charge is -2.30. The Morgan fingerprint density at radius 1 is 1.16 bits per heavy atom. The third kappa shape index (κ3) is 3.59. The molecule has 0 aliphatic carbocycles. The molecule has 0 aromatic heterocycles. The van der Waals surface area contributed by atoms with Gasteiger partial charge in [0.1, 0.15) is 5.82 Å². The number of aliphatic hydroxyl groups is 1. The van der Waals surface area contributed by atoms with Gasteiger partial charge in [-0.2, -0.15) is 0 Å². The van der Waals surface area contributed by atoms with Crippen LogP contribution in [0.2, 0.25) is 0 Å². The van der Waals surface area contributed by atoms with Crippen LogP contribution in [-0.4, -0.2) is 29.1 Å². The molecular formula is C21H24FNO2. The van der Waals surface area contributed by atoms with Gasteiger partial charge in [0, 0.05) is 13.2 Å². The number of halogens is 1. The lowest BCUT2D eigenvalue weighted by molar-refractivity contribution is -0.138. The molecule has 2 aromatic rings. The summed E-state index contributed by atoms with van der Waals surface area (Å²) in [5, 5.41) is 9.54. The number of carbonyl (C=O) groups excluding carboxylic acids is 1. The summed E-state index contributed by atoms with van der Waals surface area (Å²) in [4.78, 5) is 15.2. The van der Waals surface area contributed by atoms with Gasteiger partial charge in [-0.15, -0.1) is 0 Å². The van der Waals surface area contributed by atoms with Crippen molar-refractivity contribution in [3.8, 4) is 0 Å². The molecular weight excluding hydrogens is 317 g/mol. The van der Waals surface area contributed by atoms with Crippen molar-refractivity contribution in [2.24, 2.45) is 5.41 Å². The van der Waals surface area contributed by atoms with Crippen molar-refractivity contribution in [3.05, 3.63) is 71.5 Å². The molecule has 2 unspecified atom stereocenters. The van der Waals surface area contributed by atoms with Crippen molar-refractivity contribution in [2.45, 2.75) is 32.2 Å². The normalized spacial score (nSPS) is 21.6. The Morgan fingerprint density at radius 3 is 2.48 bits per heavy atom. The van der Waals surface area contributed by atoms with Gasteiger partial charge >= 0.3 is 0 Å². The second kappa shape index (κ2) is 7.36. The van der Waals surface area contributed by atoms with E-state index in [-0.39, 0.29) is 24.4 Å². The third-order valence-electron chi connectivity index (χ3n) is 5.34. The molecule has 1 N–H and O–H groups in total. The number of hydrogen-bond donors (Lipinski definition) is 1. The maximum atomic E-state index is 13.2. The van der Waals surface area contributed by atoms with Gasteiger partial charge in [0.05, 0.1) is 11.5 Å². The van der Waals surface area contributed by atoms with E-state index in [9.17, 15) is 14.3 Å². The minimum Gasteiger partial charge on any atom is -0.396 e. The fraction of sp³-hybridized carbons (Fsp3) is 0.381. The molecule has 1 amide bonds. The zero-order valence-corrected chi connectivity index (χ0v) is 14.5. The Hall–Kier alpha value is -2.20. The summed E-state index contributed by atoms with van der Waals surface area (Å²) in [5.41, 5.74) is 1.44. The number of carbonyl (C=O) groups is 1. The number of rotatable bonds is 6. The average molecular weight is 341 g/mol. The van der Waals surface area contributed by atoms with E-state index in [1.807, 2.05) is 42.2 Å². The predicted molar refractivity (Wildman–Crippen MR) is 95.4 cm³/mol. The lowest BCUT2D eigenvalue weighted by atomic mass is 9.77. The van der Waals surface area contributed by atoms with E-state index in [4.69, 9.17) is 0 Å². The molecule has 0 saturated carbocycles. The molecule has 1 saturated heterocycles. The molecule has 2 aromatic carbocycles. The van der Waals surface area contributed by atoms with Crippen molar-refractivity contribution in [3.63, 3.8) is 0 Å². The summed E-state index contributed by atoms with van der Waals surface area (Å²) in [6.07, 6.45) is 1.67. The van der Waals surface area contributed by atoms with E-state index in [0.29, 0.717) is 25.8 Å². The van der Waals surface area contributed by atoms with Gasteiger partial charge in [0.15, 0.2) is 0 Å².